The second-order valence-electron chi connectivity index (χ2n) is 6.10. The lowest BCUT2D eigenvalue weighted by atomic mass is 9.86. The van der Waals surface area contributed by atoms with E-state index in [0.717, 1.165) is 36.2 Å². The van der Waals surface area contributed by atoms with Crippen molar-refractivity contribution in [1.82, 2.24) is 0 Å². The van der Waals surface area contributed by atoms with Crippen LogP contribution in [0.5, 0.6) is 5.75 Å². The van der Waals surface area contributed by atoms with Crippen LogP contribution in [0.3, 0.4) is 0 Å². The van der Waals surface area contributed by atoms with Crippen molar-refractivity contribution >= 4 is 5.69 Å². The molecule has 0 amide bonds. The molecule has 0 bridgehead atoms. The summed E-state index contributed by atoms with van der Waals surface area (Å²) >= 11 is 0. The molecule has 1 fully saturated rings. The second kappa shape index (κ2) is 5.83. The third-order valence-corrected chi connectivity index (χ3v) is 4.35. The number of nitrogens with zero attached hydrogens (tertiary/aromatic N) is 1. The van der Waals surface area contributed by atoms with Crippen molar-refractivity contribution in [3.05, 3.63) is 23.8 Å². The van der Waals surface area contributed by atoms with E-state index in [1.165, 1.54) is 12.8 Å². The summed E-state index contributed by atoms with van der Waals surface area (Å²) in [6.07, 6.45) is 2.49. The first-order chi connectivity index (χ1) is 8.99. The van der Waals surface area contributed by atoms with Gasteiger partial charge in [-0.25, -0.2) is 0 Å². The molecule has 1 heterocycles. The molecule has 19 heavy (non-hydrogen) atoms. The molecule has 0 aliphatic carbocycles. The number of phenols is 1. The Bertz CT molecular complexity index is 421. The van der Waals surface area contributed by atoms with Gasteiger partial charge in [0.1, 0.15) is 5.75 Å². The standard InChI is InChI=1S/C16H26N2O/c1-11(2)13-6-8-18(9-7-13)14-4-5-15(12(3)17)16(19)10-14/h4-5,10-13,19H,6-9,17H2,1-3H3. The average Bonchev–Trinajstić information content (AvgIpc) is 2.38. The minimum absolute atomic E-state index is 0.124. The molecule has 0 radical (unpaired) electrons. The SMILES string of the molecule is CC(N)c1ccc(N2CCC(C(C)C)CC2)cc1O. The van der Waals surface area contributed by atoms with Gasteiger partial charge in [0.15, 0.2) is 0 Å². The van der Waals surface area contributed by atoms with Gasteiger partial charge in [0.05, 0.1) is 0 Å². The van der Waals surface area contributed by atoms with E-state index in [1.807, 2.05) is 19.1 Å². The van der Waals surface area contributed by atoms with Gasteiger partial charge in [0.25, 0.3) is 0 Å². The number of piperidine rings is 1. The molecule has 3 nitrogen and oxygen atoms in total. The number of hydrogen-bond acceptors (Lipinski definition) is 3. The molecule has 1 unspecified atom stereocenters. The lowest BCUT2D eigenvalue weighted by Crippen LogP contribution is -2.35. The molecule has 1 aromatic rings. The van der Waals surface area contributed by atoms with Gasteiger partial charge in [0.2, 0.25) is 0 Å². The zero-order chi connectivity index (χ0) is 14.0. The van der Waals surface area contributed by atoms with E-state index in [-0.39, 0.29) is 6.04 Å². The number of aromatic hydroxyl groups is 1. The zero-order valence-electron chi connectivity index (χ0n) is 12.3. The van der Waals surface area contributed by atoms with E-state index in [4.69, 9.17) is 5.73 Å². The predicted octanol–water partition coefficient (Wildman–Crippen LogP) is 3.28. The largest absolute Gasteiger partial charge is 0.508 e. The summed E-state index contributed by atoms with van der Waals surface area (Å²) in [4.78, 5) is 2.36. The number of nitrogens with two attached hydrogens (primary N) is 1. The first-order valence-electron chi connectivity index (χ1n) is 7.32. The monoisotopic (exact) mass is 262 g/mol. The summed E-state index contributed by atoms with van der Waals surface area (Å²) in [5.74, 6) is 1.93. The van der Waals surface area contributed by atoms with E-state index in [2.05, 4.69) is 24.8 Å². The Labute approximate surface area is 116 Å². The summed E-state index contributed by atoms with van der Waals surface area (Å²) < 4.78 is 0. The number of phenolic OH excluding ortho intramolecular Hbond substituents is 1. The molecule has 0 spiro atoms. The minimum atomic E-state index is -0.124. The van der Waals surface area contributed by atoms with E-state index < -0.39 is 0 Å². The van der Waals surface area contributed by atoms with E-state index in [1.54, 1.807) is 0 Å². The van der Waals surface area contributed by atoms with Gasteiger partial charge in [0, 0.05) is 36.4 Å². The fraction of sp³-hybridized carbons (Fsp3) is 0.625. The number of hydrogen-bond donors (Lipinski definition) is 2. The van der Waals surface area contributed by atoms with Crippen LogP contribution in [0, 0.1) is 11.8 Å². The fourth-order valence-corrected chi connectivity index (χ4v) is 2.94. The number of anilines is 1. The van der Waals surface area contributed by atoms with Crippen LogP contribution in [-0.4, -0.2) is 18.2 Å². The molecule has 2 rings (SSSR count). The summed E-state index contributed by atoms with van der Waals surface area (Å²) in [6, 6.07) is 5.76. The van der Waals surface area contributed by atoms with Crippen molar-refractivity contribution in [1.29, 1.82) is 0 Å². The van der Waals surface area contributed by atoms with Crippen LogP contribution < -0.4 is 10.6 Å². The topological polar surface area (TPSA) is 49.5 Å². The first kappa shape index (κ1) is 14.2. The van der Waals surface area contributed by atoms with Gasteiger partial charge in [-0.05, 0) is 37.7 Å². The van der Waals surface area contributed by atoms with Gasteiger partial charge < -0.3 is 15.7 Å². The Morgan fingerprint density at radius 1 is 1.21 bits per heavy atom. The smallest absolute Gasteiger partial charge is 0.122 e. The Morgan fingerprint density at radius 3 is 2.32 bits per heavy atom. The molecule has 0 saturated carbocycles. The lowest BCUT2D eigenvalue weighted by Gasteiger charge is -2.35. The highest BCUT2D eigenvalue weighted by atomic mass is 16.3. The molecule has 0 aromatic heterocycles. The fourth-order valence-electron chi connectivity index (χ4n) is 2.94. The highest BCUT2D eigenvalue weighted by Gasteiger charge is 2.22. The lowest BCUT2D eigenvalue weighted by molar-refractivity contribution is 0.311. The van der Waals surface area contributed by atoms with Gasteiger partial charge in [-0.3, -0.25) is 0 Å². The molecule has 1 saturated heterocycles. The van der Waals surface area contributed by atoms with E-state index >= 15 is 0 Å². The predicted molar refractivity (Wildman–Crippen MR) is 80.5 cm³/mol. The van der Waals surface area contributed by atoms with Crippen molar-refractivity contribution in [3.8, 4) is 5.75 Å². The Hall–Kier alpha value is -1.22. The van der Waals surface area contributed by atoms with Gasteiger partial charge >= 0.3 is 0 Å². The minimum Gasteiger partial charge on any atom is -0.508 e. The van der Waals surface area contributed by atoms with Crippen molar-refractivity contribution < 1.29 is 5.11 Å². The number of rotatable bonds is 3. The third-order valence-electron chi connectivity index (χ3n) is 4.35. The molecule has 1 atom stereocenters. The van der Waals surface area contributed by atoms with Crippen molar-refractivity contribution in [3.63, 3.8) is 0 Å². The van der Waals surface area contributed by atoms with Crippen LogP contribution in [0.4, 0.5) is 5.69 Å². The summed E-state index contributed by atoms with van der Waals surface area (Å²) in [6.45, 7) is 8.68. The molecule has 1 aromatic carbocycles. The summed E-state index contributed by atoms with van der Waals surface area (Å²) in [5.41, 5.74) is 7.76. The van der Waals surface area contributed by atoms with E-state index in [9.17, 15) is 5.11 Å². The summed E-state index contributed by atoms with van der Waals surface area (Å²) in [7, 11) is 0. The van der Waals surface area contributed by atoms with Crippen LogP contribution in [-0.2, 0) is 0 Å². The van der Waals surface area contributed by atoms with Crippen molar-refractivity contribution in [2.24, 2.45) is 17.6 Å². The Balaban J connectivity index is 2.06. The van der Waals surface area contributed by atoms with Crippen LogP contribution in [0.1, 0.15) is 45.2 Å². The van der Waals surface area contributed by atoms with Crippen molar-refractivity contribution in [2.75, 3.05) is 18.0 Å². The summed E-state index contributed by atoms with van der Waals surface area (Å²) in [5, 5.41) is 10.0. The van der Waals surface area contributed by atoms with Crippen LogP contribution in [0.15, 0.2) is 18.2 Å². The van der Waals surface area contributed by atoms with Gasteiger partial charge in [-0.2, -0.15) is 0 Å². The zero-order valence-corrected chi connectivity index (χ0v) is 12.3. The van der Waals surface area contributed by atoms with E-state index in [0.29, 0.717) is 5.75 Å². The first-order valence-corrected chi connectivity index (χ1v) is 7.32. The van der Waals surface area contributed by atoms with Gasteiger partial charge in [-0.1, -0.05) is 19.9 Å². The maximum Gasteiger partial charge on any atom is 0.122 e. The molecule has 3 heteroatoms. The molecule has 3 N–H and O–H groups in total. The van der Waals surface area contributed by atoms with Crippen LogP contribution >= 0.6 is 0 Å². The molecule has 106 valence electrons. The van der Waals surface area contributed by atoms with Gasteiger partial charge in [-0.15, -0.1) is 0 Å². The molecule has 1 aliphatic rings. The Kier molecular flexibility index (Phi) is 4.35. The maximum atomic E-state index is 10.0. The highest BCUT2D eigenvalue weighted by molar-refractivity contribution is 5.54. The molecule has 1 aliphatic heterocycles. The second-order valence-corrected chi connectivity index (χ2v) is 6.10. The Morgan fingerprint density at radius 2 is 1.84 bits per heavy atom. The third kappa shape index (κ3) is 3.21. The number of benzene rings is 1. The van der Waals surface area contributed by atoms with Crippen molar-refractivity contribution in [2.45, 2.75) is 39.7 Å². The van der Waals surface area contributed by atoms with Crippen LogP contribution in [0.2, 0.25) is 0 Å². The molecular weight excluding hydrogens is 236 g/mol. The normalized spacial score (nSPS) is 18.9. The van der Waals surface area contributed by atoms with Crippen LogP contribution in [0.25, 0.3) is 0 Å². The molecular formula is C16H26N2O. The average molecular weight is 262 g/mol. The highest BCUT2D eigenvalue weighted by Crippen LogP contribution is 2.32. The maximum absolute atomic E-state index is 10.0. The quantitative estimate of drug-likeness (QED) is 0.879.